The molecule has 0 spiro atoms. The van der Waals surface area contributed by atoms with E-state index >= 15 is 0 Å². The molecule has 0 unspecified atom stereocenters. The van der Waals surface area contributed by atoms with Crippen LogP contribution in [0.5, 0.6) is 0 Å². The van der Waals surface area contributed by atoms with Crippen LogP contribution in [0.4, 0.5) is 0 Å². The molecular weight excluding hydrogens is 416 g/mol. The lowest BCUT2D eigenvalue weighted by atomic mass is 10.1. The Hall–Kier alpha value is -4.72. The van der Waals surface area contributed by atoms with Gasteiger partial charge in [-0.15, -0.1) is 0 Å². The van der Waals surface area contributed by atoms with Crippen LogP contribution < -0.4 is 0 Å². The summed E-state index contributed by atoms with van der Waals surface area (Å²) in [6.45, 7) is 0. The Bertz CT molecular complexity index is 987. The number of rotatable bonds is 8. The van der Waals surface area contributed by atoms with Gasteiger partial charge < -0.3 is 20.4 Å². The molecule has 8 heteroatoms. The maximum atomic E-state index is 10.4. The normalized spacial score (nSPS) is 11.0. The molecule has 0 heterocycles. The minimum absolute atomic E-state index is 0.655. The second-order valence-corrected chi connectivity index (χ2v) is 5.98. The van der Waals surface area contributed by atoms with E-state index in [9.17, 15) is 19.2 Å². The van der Waals surface area contributed by atoms with Crippen LogP contribution in [0.25, 0.3) is 24.3 Å². The lowest BCUT2D eigenvalue weighted by Gasteiger charge is -1.98. The molecule has 2 aromatic rings. The fourth-order valence-corrected chi connectivity index (χ4v) is 2.19. The molecule has 0 aliphatic rings. The van der Waals surface area contributed by atoms with Gasteiger partial charge in [0.15, 0.2) is 0 Å². The van der Waals surface area contributed by atoms with Crippen LogP contribution in [0.15, 0.2) is 72.8 Å². The van der Waals surface area contributed by atoms with Gasteiger partial charge in [-0.05, 0) is 46.6 Å². The van der Waals surface area contributed by atoms with E-state index in [1.54, 1.807) is 48.5 Å². The predicted octanol–water partition coefficient (Wildman–Crippen LogP) is 3.76. The van der Waals surface area contributed by atoms with Crippen molar-refractivity contribution in [1.29, 1.82) is 0 Å². The summed E-state index contributed by atoms with van der Waals surface area (Å²) in [6, 6.07) is 13.8. The first-order valence-electron chi connectivity index (χ1n) is 9.00. The van der Waals surface area contributed by atoms with Crippen LogP contribution in [-0.4, -0.2) is 44.3 Å². The van der Waals surface area contributed by atoms with Crippen molar-refractivity contribution in [3.8, 4) is 0 Å². The number of carbonyl (C=O) groups is 4. The van der Waals surface area contributed by atoms with Gasteiger partial charge in [0.05, 0.1) is 0 Å². The summed E-state index contributed by atoms with van der Waals surface area (Å²) in [7, 11) is 0. The highest BCUT2D eigenvalue weighted by atomic mass is 16.4. The highest BCUT2D eigenvalue weighted by Crippen LogP contribution is 2.12. The monoisotopic (exact) mass is 436 g/mol. The van der Waals surface area contributed by atoms with E-state index in [0.29, 0.717) is 11.1 Å². The van der Waals surface area contributed by atoms with Gasteiger partial charge in [-0.3, -0.25) is 0 Å². The van der Waals surface area contributed by atoms with E-state index in [-0.39, 0.29) is 0 Å². The molecule has 0 fully saturated rings. The largest absolute Gasteiger partial charge is 0.478 e. The quantitative estimate of drug-likeness (QED) is 0.457. The van der Waals surface area contributed by atoms with Gasteiger partial charge in [0.25, 0.3) is 0 Å². The Morgan fingerprint density at radius 1 is 0.469 bits per heavy atom. The van der Waals surface area contributed by atoms with Crippen LogP contribution in [0.2, 0.25) is 0 Å². The van der Waals surface area contributed by atoms with Crippen LogP contribution >= 0.6 is 0 Å². The summed E-state index contributed by atoms with van der Waals surface area (Å²) in [5.41, 5.74) is 2.80. The molecule has 0 aliphatic carbocycles. The maximum absolute atomic E-state index is 10.4. The van der Waals surface area contributed by atoms with Gasteiger partial charge in [0, 0.05) is 24.3 Å². The maximum Gasteiger partial charge on any atom is 0.328 e. The summed E-state index contributed by atoms with van der Waals surface area (Å²) in [5, 5.41) is 33.8. The van der Waals surface area contributed by atoms with Crippen LogP contribution in [0.3, 0.4) is 0 Å². The topological polar surface area (TPSA) is 149 Å². The standard InChI is InChI=1S/2C12H10O4/c13-11(14)7-5-9-1-2-10(4-3-9)6-8-12(15)16;13-11(14)7-5-9-3-1-2-4-10(9)6-8-12(15)16/h2*1-8H,(H,13,14)(H,15,16). The van der Waals surface area contributed by atoms with Crippen molar-refractivity contribution >= 4 is 48.2 Å². The van der Waals surface area contributed by atoms with E-state index < -0.39 is 23.9 Å². The molecule has 2 aromatic carbocycles. The first-order chi connectivity index (χ1) is 15.2. The molecule has 0 radical (unpaired) electrons. The van der Waals surface area contributed by atoms with Crippen molar-refractivity contribution in [3.05, 3.63) is 95.1 Å². The van der Waals surface area contributed by atoms with Gasteiger partial charge in [0.2, 0.25) is 0 Å². The van der Waals surface area contributed by atoms with Crippen molar-refractivity contribution in [3.63, 3.8) is 0 Å². The summed E-state index contributed by atoms with van der Waals surface area (Å²) >= 11 is 0. The number of carboxylic acid groups (broad SMARTS) is 4. The third kappa shape index (κ3) is 11.3. The zero-order valence-corrected chi connectivity index (χ0v) is 16.7. The highest BCUT2D eigenvalue weighted by Gasteiger charge is 1.96. The number of hydrogen-bond donors (Lipinski definition) is 4. The van der Waals surface area contributed by atoms with Crippen molar-refractivity contribution in [2.24, 2.45) is 0 Å². The van der Waals surface area contributed by atoms with E-state index in [1.807, 2.05) is 0 Å². The highest BCUT2D eigenvalue weighted by molar-refractivity contribution is 5.89. The first kappa shape index (κ1) is 25.3. The minimum atomic E-state index is -1.04. The molecule has 0 amide bonds. The lowest BCUT2D eigenvalue weighted by molar-refractivity contribution is -0.132. The number of aliphatic carboxylic acids is 4. The molecule has 0 aromatic heterocycles. The summed E-state index contributed by atoms with van der Waals surface area (Å²) in [6.07, 6.45) is 9.87. The van der Waals surface area contributed by atoms with E-state index in [1.165, 1.54) is 24.3 Å². The molecule has 0 bridgehead atoms. The second kappa shape index (κ2) is 13.5. The third-order valence-electron chi connectivity index (χ3n) is 3.58. The first-order valence-corrected chi connectivity index (χ1v) is 9.00. The molecule has 0 saturated carbocycles. The van der Waals surface area contributed by atoms with Gasteiger partial charge in [-0.25, -0.2) is 19.2 Å². The fraction of sp³-hybridized carbons (Fsp3) is 0. The second-order valence-electron chi connectivity index (χ2n) is 5.98. The van der Waals surface area contributed by atoms with Crippen LogP contribution in [0, 0.1) is 0 Å². The number of carboxylic acids is 4. The molecule has 2 rings (SSSR count). The van der Waals surface area contributed by atoms with Crippen molar-refractivity contribution < 1.29 is 39.6 Å². The molecule has 164 valence electrons. The molecule has 8 nitrogen and oxygen atoms in total. The number of hydrogen-bond acceptors (Lipinski definition) is 4. The Kier molecular flexibility index (Phi) is 10.7. The van der Waals surface area contributed by atoms with E-state index in [0.717, 1.165) is 35.4 Å². The molecule has 4 N–H and O–H groups in total. The average Bonchev–Trinajstić information content (AvgIpc) is 2.75. The van der Waals surface area contributed by atoms with E-state index in [2.05, 4.69) is 0 Å². The Morgan fingerprint density at radius 2 is 0.750 bits per heavy atom. The molecular formula is C24H20O8. The molecule has 0 saturated heterocycles. The fourth-order valence-electron chi connectivity index (χ4n) is 2.19. The summed E-state index contributed by atoms with van der Waals surface area (Å²) < 4.78 is 0. The number of benzene rings is 2. The zero-order valence-electron chi connectivity index (χ0n) is 16.7. The van der Waals surface area contributed by atoms with Crippen molar-refractivity contribution in [2.75, 3.05) is 0 Å². The molecule has 0 atom stereocenters. The molecule has 0 aliphatic heterocycles. The van der Waals surface area contributed by atoms with Crippen molar-refractivity contribution in [2.45, 2.75) is 0 Å². The van der Waals surface area contributed by atoms with Crippen LogP contribution in [0.1, 0.15) is 22.3 Å². The summed E-state index contributed by atoms with van der Waals surface area (Å²) in [5.74, 6) is -4.10. The predicted molar refractivity (Wildman–Crippen MR) is 120 cm³/mol. The summed E-state index contributed by atoms with van der Waals surface area (Å²) in [4.78, 5) is 41.2. The Balaban J connectivity index is 0.000000320. The SMILES string of the molecule is O=C(O)C=Cc1ccc(C=CC(=O)O)cc1.O=C(O)C=Cc1ccccc1C=CC(=O)O. The van der Waals surface area contributed by atoms with Gasteiger partial charge >= 0.3 is 23.9 Å². The van der Waals surface area contributed by atoms with Gasteiger partial charge in [-0.1, -0.05) is 48.5 Å². The Labute approximate surface area is 183 Å². The average molecular weight is 436 g/mol. The lowest BCUT2D eigenvalue weighted by Crippen LogP contribution is -1.88. The smallest absolute Gasteiger partial charge is 0.328 e. The van der Waals surface area contributed by atoms with E-state index in [4.69, 9.17) is 20.4 Å². The van der Waals surface area contributed by atoms with Crippen LogP contribution in [-0.2, 0) is 19.2 Å². The molecule has 32 heavy (non-hydrogen) atoms. The minimum Gasteiger partial charge on any atom is -0.478 e. The zero-order chi connectivity index (χ0) is 23.9. The third-order valence-corrected chi connectivity index (χ3v) is 3.58. The Morgan fingerprint density at radius 3 is 1.03 bits per heavy atom. The van der Waals surface area contributed by atoms with Crippen molar-refractivity contribution in [1.82, 2.24) is 0 Å². The van der Waals surface area contributed by atoms with Gasteiger partial charge in [0.1, 0.15) is 0 Å². The van der Waals surface area contributed by atoms with Gasteiger partial charge in [-0.2, -0.15) is 0 Å².